The predicted octanol–water partition coefficient (Wildman–Crippen LogP) is 24.4. The smallest absolute Gasteiger partial charge is 0.239 e. The van der Waals surface area contributed by atoms with Gasteiger partial charge in [0.25, 0.3) is 0 Å². The van der Waals surface area contributed by atoms with Gasteiger partial charge in [-0.05, 0) is 145 Å². The molecule has 15 aromatic rings. The fraction of sp³-hybridized carbons (Fsp3) is 0.273. The Morgan fingerprint density at radius 1 is 0.302 bits per heavy atom. The molecule has 0 amide bonds. The molecule has 0 spiro atoms. The van der Waals surface area contributed by atoms with Crippen LogP contribution in [0, 0.1) is 6.57 Å². The van der Waals surface area contributed by atoms with Gasteiger partial charge in [0.05, 0.1) is 67.7 Å². The highest BCUT2D eigenvalue weighted by Gasteiger charge is 2.36. The SMILES string of the molecule is [C-]#[N+]c1c(-n2c3ccc(C(C)(C)C)cc3c3cc(C(C)(C)C)ccc32)c(-n2c3ccc(C(C)(C)C)cc3c3cc(C(C)(C)C)ccc32)c2c(oc3c(-c4nc(-c5ccccc5)nc(-c5ccccc5)n4)cccc32)c1-n1c2ccc(C(C)(C)C)cc2c2cc(C(C)(C)C)ccc21. The summed E-state index contributed by atoms with van der Waals surface area (Å²) in [5.74, 6) is 1.56. The summed E-state index contributed by atoms with van der Waals surface area (Å²) in [5.41, 5.74) is 18.7. The van der Waals surface area contributed by atoms with E-state index in [1.54, 1.807) is 0 Å². The molecule has 10 aromatic carbocycles. The van der Waals surface area contributed by atoms with Crippen molar-refractivity contribution in [2.45, 2.75) is 157 Å². The Morgan fingerprint density at radius 3 is 0.917 bits per heavy atom. The number of nitrogens with zero attached hydrogens (tertiary/aromatic N) is 7. The van der Waals surface area contributed by atoms with Gasteiger partial charge in [0.2, 0.25) is 5.69 Å². The molecule has 0 aliphatic carbocycles. The van der Waals surface area contributed by atoms with E-state index in [0.29, 0.717) is 45.6 Å². The van der Waals surface area contributed by atoms with Crippen LogP contribution in [0.25, 0.3) is 143 Å². The van der Waals surface area contributed by atoms with Crippen molar-refractivity contribution in [1.82, 2.24) is 28.7 Å². The number of rotatable bonds is 6. The molecule has 96 heavy (non-hydrogen) atoms. The van der Waals surface area contributed by atoms with E-state index in [2.05, 4.69) is 266 Å². The summed E-state index contributed by atoms with van der Waals surface area (Å²) in [4.78, 5) is 21.0. The molecular weight excluding hydrogens is 1170 g/mol. The van der Waals surface area contributed by atoms with Crippen LogP contribution in [0.3, 0.4) is 0 Å². The van der Waals surface area contributed by atoms with E-state index in [1.807, 2.05) is 60.7 Å². The van der Waals surface area contributed by atoms with Gasteiger partial charge in [-0.2, -0.15) is 0 Å². The number of aromatic nitrogens is 6. The molecule has 0 aliphatic rings. The highest BCUT2D eigenvalue weighted by atomic mass is 16.3. The second kappa shape index (κ2) is 21.5. The van der Waals surface area contributed by atoms with Crippen LogP contribution in [0.5, 0.6) is 0 Å². The van der Waals surface area contributed by atoms with Gasteiger partial charge in [0, 0.05) is 48.8 Å². The molecule has 0 saturated carbocycles. The van der Waals surface area contributed by atoms with E-state index in [1.165, 1.54) is 33.4 Å². The summed E-state index contributed by atoms with van der Waals surface area (Å²) in [6, 6.07) is 68.7. The Kier molecular flexibility index (Phi) is 13.9. The Labute approximate surface area is 564 Å². The molecule has 0 atom stereocenters. The minimum atomic E-state index is -0.157. The number of fused-ring (bicyclic) bond motifs is 12. The van der Waals surface area contributed by atoms with Crippen molar-refractivity contribution < 1.29 is 4.42 Å². The zero-order valence-corrected chi connectivity index (χ0v) is 58.9. The molecule has 0 aliphatic heterocycles. The van der Waals surface area contributed by atoms with E-state index < -0.39 is 0 Å². The monoisotopic (exact) mass is 1260 g/mol. The zero-order valence-electron chi connectivity index (χ0n) is 58.9. The Bertz CT molecular complexity index is 5490. The van der Waals surface area contributed by atoms with Crippen molar-refractivity contribution in [2.24, 2.45) is 0 Å². The van der Waals surface area contributed by atoms with E-state index in [-0.39, 0.29) is 32.5 Å². The largest absolute Gasteiger partial charge is 0.454 e. The standard InChI is InChI=1S/C88H85N7O/c1-83(2,3)53-33-39-67-61(45-53)62-46-54(84(4,5)6)34-40-68(62)93(67)75-73-59-31-26-32-60(82-91-80(51-27-22-20-23-28-51)90-81(92-82)52-29-24-21-25-30-52)78(59)96-79(73)77(95-71-43-37-57(87(13,14)15)49-65(71)66-50-58(88(16,17)18)38-44-72(66)95)74(89-19)76(75)94-69-41-35-55(85(7,8)9)47-63(69)64-48-56(86(10,11)12)36-42-70(64)94/h20-50H,1-18H3. The summed E-state index contributed by atoms with van der Waals surface area (Å²) < 4.78 is 15.3. The molecular formula is C88H85N7O. The number of para-hydroxylation sites is 1. The predicted molar refractivity (Wildman–Crippen MR) is 405 cm³/mol. The molecule has 0 fully saturated rings. The highest BCUT2D eigenvalue weighted by Crippen LogP contribution is 2.55. The van der Waals surface area contributed by atoms with Crippen LogP contribution in [0.15, 0.2) is 192 Å². The zero-order chi connectivity index (χ0) is 67.7. The minimum Gasteiger partial charge on any atom is -0.454 e. The lowest BCUT2D eigenvalue weighted by molar-refractivity contribution is 0.590. The fourth-order valence-electron chi connectivity index (χ4n) is 14.4. The van der Waals surface area contributed by atoms with Crippen molar-refractivity contribution in [2.75, 3.05) is 0 Å². The van der Waals surface area contributed by atoms with Gasteiger partial charge in [-0.3, -0.25) is 0 Å². The molecule has 15 rings (SSSR count). The van der Waals surface area contributed by atoms with Crippen molar-refractivity contribution in [3.8, 4) is 51.2 Å². The van der Waals surface area contributed by atoms with Gasteiger partial charge in [-0.1, -0.05) is 234 Å². The maximum Gasteiger partial charge on any atom is 0.239 e. The first-order chi connectivity index (χ1) is 45.4. The molecule has 5 aromatic heterocycles. The Balaban J connectivity index is 1.23. The third-order valence-corrected chi connectivity index (χ3v) is 20.1. The van der Waals surface area contributed by atoms with E-state index in [9.17, 15) is 6.57 Å². The van der Waals surface area contributed by atoms with Crippen molar-refractivity contribution in [1.29, 1.82) is 0 Å². The molecule has 0 unspecified atom stereocenters. The first-order valence-electron chi connectivity index (χ1n) is 34.0. The van der Waals surface area contributed by atoms with Crippen molar-refractivity contribution in [3.05, 3.63) is 233 Å². The van der Waals surface area contributed by atoms with Crippen LogP contribution in [0.2, 0.25) is 0 Å². The summed E-state index contributed by atoms with van der Waals surface area (Å²) in [6.07, 6.45) is 0. The summed E-state index contributed by atoms with van der Waals surface area (Å²) in [5, 5.41) is 8.43. The normalized spacial score (nSPS) is 13.1. The number of furan rings is 1. The fourth-order valence-corrected chi connectivity index (χ4v) is 14.4. The van der Waals surface area contributed by atoms with Crippen LogP contribution < -0.4 is 0 Å². The van der Waals surface area contributed by atoms with Crippen LogP contribution in [0.4, 0.5) is 5.69 Å². The van der Waals surface area contributed by atoms with E-state index >= 15 is 0 Å². The lowest BCUT2D eigenvalue weighted by atomic mass is 9.85. The Morgan fingerprint density at radius 2 is 0.604 bits per heavy atom. The molecule has 0 radical (unpaired) electrons. The van der Waals surface area contributed by atoms with Gasteiger partial charge in [0.1, 0.15) is 5.58 Å². The third kappa shape index (κ3) is 10.0. The van der Waals surface area contributed by atoms with Crippen LogP contribution in [-0.2, 0) is 32.5 Å². The van der Waals surface area contributed by atoms with E-state index in [0.717, 1.165) is 98.7 Å². The quantitative estimate of drug-likeness (QED) is 0.156. The molecule has 8 heteroatoms. The van der Waals surface area contributed by atoms with Crippen molar-refractivity contribution >= 4 is 93.0 Å². The van der Waals surface area contributed by atoms with Gasteiger partial charge < -0.3 is 18.1 Å². The van der Waals surface area contributed by atoms with Gasteiger partial charge in [0.15, 0.2) is 23.1 Å². The van der Waals surface area contributed by atoms with Gasteiger partial charge in [-0.15, -0.1) is 0 Å². The first-order valence-corrected chi connectivity index (χ1v) is 34.0. The summed E-state index contributed by atoms with van der Waals surface area (Å²) in [6.45, 7) is 51.5. The highest BCUT2D eigenvalue weighted by molar-refractivity contribution is 6.24. The number of hydrogen-bond acceptors (Lipinski definition) is 4. The topological polar surface area (TPSA) is 71.0 Å². The molecule has 0 N–H and O–H groups in total. The lowest BCUT2D eigenvalue weighted by Gasteiger charge is -2.24. The number of hydrogen-bond donors (Lipinski definition) is 0. The van der Waals surface area contributed by atoms with Gasteiger partial charge >= 0.3 is 0 Å². The third-order valence-electron chi connectivity index (χ3n) is 20.1. The maximum absolute atomic E-state index is 10.3. The van der Waals surface area contributed by atoms with E-state index in [4.69, 9.17) is 24.2 Å². The van der Waals surface area contributed by atoms with Crippen LogP contribution in [0.1, 0.15) is 158 Å². The Hall–Kier alpha value is -10.1. The van der Waals surface area contributed by atoms with Crippen LogP contribution >= 0.6 is 0 Å². The average Bonchev–Trinajstić information content (AvgIpc) is 1.46. The molecule has 0 bridgehead atoms. The molecule has 5 heterocycles. The average molecular weight is 1260 g/mol. The van der Waals surface area contributed by atoms with Crippen LogP contribution in [-0.4, -0.2) is 28.7 Å². The second-order valence-corrected chi connectivity index (χ2v) is 32.9. The molecule has 0 saturated heterocycles. The lowest BCUT2D eigenvalue weighted by Crippen LogP contribution is -2.11. The van der Waals surface area contributed by atoms with Crippen molar-refractivity contribution in [3.63, 3.8) is 0 Å². The second-order valence-electron chi connectivity index (χ2n) is 32.9. The summed E-state index contributed by atoms with van der Waals surface area (Å²) in [7, 11) is 0. The molecule has 478 valence electrons. The number of benzene rings is 10. The maximum atomic E-state index is 10.3. The molecule has 8 nitrogen and oxygen atoms in total. The summed E-state index contributed by atoms with van der Waals surface area (Å²) >= 11 is 0. The minimum absolute atomic E-state index is 0.154. The first kappa shape index (κ1) is 62.0. The van der Waals surface area contributed by atoms with Gasteiger partial charge in [-0.25, -0.2) is 19.8 Å².